The Bertz CT molecular complexity index is 995. The van der Waals surface area contributed by atoms with Crippen molar-refractivity contribution in [3.05, 3.63) is 36.4 Å². The zero-order valence-corrected chi connectivity index (χ0v) is 14.5. The highest BCUT2D eigenvalue weighted by atomic mass is 16.6. The molecule has 0 spiro atoms. The first kappa shape index (κ1) is 18.2. The Balaban J connectivity index is 1.73. The number of aliphatic hydroxyl groups is 3. The number of nitrogens with one attached hydrogen (secondary N) is 1. The van der Waals surface area contributed by atoms with Crippen LogP contribution in [0.3, 0.4) is 0 Å². The van der Waals surface area contributed by atoms with Crippen LogP contribution in [0, 0.1) is 0 Å². The van der Waals surface area contributed by atoms with E-state index in [2.05, 4.69) is 30.5 Å². The fraction of sp³-hybridized carbons (Fsp3) is 0.312. The molecule has 1 fully saturated rings. The molecule has 4 heterocycles. The maximum atomic E-state index is 10.4. The van der Waals surface area contributed by atoms with Gasteiger partial charge in [0.15, 0.2) is 23.2 Å². The molecular weight excluding hydrogens is 368 g/mol. The van der Waals surface area contributed by atoms with Gasteiger partial charge in [0.05, 0.1) is 12.8 Å². The van der Waals surface area contributed by atoms with Gasteiger partial charge in [0.2, 0.25) is 5.95 Å². The molecular formula is C16H18N8O4. The molecule has 4 unspecified atom stereocenters. The Kier molecular flexibility index (Phi) is 4.83. The number of hydrazone groups is 1. The number of fused-ring (bicyclic) bond motifs is 1. The Labute approximate surface area is 158 Å². The third-order valence-corrected chi connectivity index (χ3v) is 4.34. The first-order valence-corrected chi connectivity index (χ1v) is 8.40. The van der Waals surface area contributed by atoms with Crippen molar-refractivity contribution >= 4 is 29.1 Å². The lowest BCUT2D eigenvalue weighted by atomic mass is 10.1. The minimum atomic E-state index is -1.33. The van der Waals surface area contributed by atoms with Crippen LogP contribution in [-0.4, -0.2) is 71.0 Å². The Morgan fingerprint density at radius 1 is 1.32 bits per heavy atom. The number of nitrogen functional groups attached to an aromatic ring is 1. The number of aromatic nitrogens is 5. The number of anilines is 2. The Morgan fingerprint density at radius 3 is 2.89 bits per heavy atom. The lowest BCUT2D eigenvalue weighted by molar-refractivity contribution is -0.0501. The summed E-state index contributed by atoms with van der Waals surface area (Å²) in [5.74, 6) is 0.298. The fourth-order valence-electron chi connectivity index (χ4n) is 2.96. The molecule has 146 valence electrons. The van der Waals surface area contributed by atoms with Crippen LogP contribution < -0.4 is 11.2 Å². The molecule has 0 radical (unpaired) electrons. The molecule has 0 aliphatic carbocycles. The van der Waals surface area contributed by atoms with Crippen LogP contribution in [-0.2, 0) is 4.74 Å². The molecule has 0 saturated carbocycles. The maximum Gasteiger partial charge on any atom is 0.228 e. The highest BCUT2D eigenvalue weighted by molar-refractivity contribution is 5.84. The summed E-state index contributed by atoms with van der Waals surface area (Å²) in [4.78, 5) is 16.4. The van der Waals surface area contributed by atoms with E-state index in [1.807, 2.05) is 6.07 Å². The smallest absolute Gasteiger partial charge is 0.228 e. The van der Waals surface area contributed by atoms with Crippen LogP contribution in [0.2, 0.25) is 0 Å². The lowest BCUT2D eigenvalue weighted by Gasteiger charge is -2.18. The quantitative estimate of drug-likeness (QED) is 0.266. The number of nitrogens with zero attached hydrogens (tertiary/aromatic N) is 6. The van der Waals surface area contributed by atoms with Gasteiger partial charge in [0.1, 0.15) is 24.6 Å². The van der Waals surface area contributed by atoms with Crippen molar-refractivity contribution in [3.8, 4) is 0 Å². The number of hydrogen-bond acceptors (Lipinski definition) is 11. The zero-order valence-electron chi connectivity index (χ0n) is 14.5. The normalized spacial score (nSPS) is 25.0. The van der Waals surface area contributed by atoms with E-state index in [0.29, 0.717) is 0 Å². The number of imidazole rings is 1. The van der Waals surface area contributed by atoms with Crippen molar-refractivity contribution in [1.82, 2.24) is 24.5 Å². The summed E-state index contributed by atoms with van der Waals surface area (Å²) in [5, 5.41) is 34.0. The van der Waals surface area contributed by atoms with Crippen LogP contribution in [0.5, 0.6) is 0 Å². The maximum absolute atomic E-state index is 10.4. The predicted molar refractivity (Wildman–Crippen MR) is 98.2 cm³/mol. The molecule has 28 heavy (non-hydrogen) atoms. The molecule has 6 N–H and O–H groups in total. The molecule has 3 aromatic heterocycles. The molecule has 12 heteroatoms. The minimum Gasteiger partial charge on any atom is -0.394 e. The molecule has 0 aromatic carbocycles. The van der Waals surface area contributed by atoms with Gasteiger partial charge in [-0.3, -0.25) is 9.55 Å². The van der Waals surface area contributed by atoms with Crippen molar-refractivity contribution in [2.24, 2.45) is 5.10 Å². The van der Waals surface area contributed by atoms with E-state index in [0.717, 1.165) is 5.56 Å². The number of aliphatic hydroxyl groups excluding tert-OH is 3. The predicted octanol–water partition coefficient (Wildman–Crippen LogP) is -1.14. The highest BCUT2D eigenvalue weighted by Crippen LogP contribution is 2.35. The van der Waals surface area contributed by atoms with Crippen LogP contribution in [0.1, 0.15) is 11.8 Å². The number of pyridine rings is 1. The summed E-state index contributed by atoms with van der Waals surface area (Å²) in [5.41, 5.74) is 9.95. The summed E-state index contributed by atoms with van der Waals surface area (Å²) in [6.07, 6.45) is 1.43. The SMILES string of the molecule is Nc1ncnc2c1nc(NN=Cc1cccnc1)n2C1OC(CO)C(O)C1O. The fourth-order valence-corrected chi connectivity index (χ4v) is 2.96. The average molecular weight is 386 g/mol. The number of hydrogen-bond donors (Lipinski definition) is 5. The van der Waals surface area contributed by atoms with Gasteiger partial charge in [-0.15, -0.1) is 0 Å². The second kappa shape index (κ2) is 7.44. The van der Waals surface area contributed by atoms with E-state index in [-0.39, 0.29) is 22.9 Å². The molecule has 3 aromatic rings. The highest BCUT2D eigenvalue weighted by Gasteiger charge is 2.45. The van der Waals surface area contributed by atoms with E-state index in [4.69, 9.17) is 10.5 Å². The van der Waals surface area contributed by atoms with E-state index in [1.165, 1.54) is 17.1 Å². The van der Waals surface area contributed by atoms with Gasteiger partial charge >= 0.3 is 0 Å². The molecule has 0 amide bonds. The third-order valence-electron chi connectivity index (χ3n) is 4.34. The van der Waals surface area contributed by atoms with Crippen LogP contribution >= 0.6 is 0 Å². The van der Waals surface area contributed by atoms with Gasteiger partial charge in [-0.25, -0.2) is 20.4 Å². The first-order valence-electron chi connectivity index (χ1n) is 8.40. The van der Waals surface area contributed by atoms with Crippen molar-refractivity contribution in [2.45, 2.75) is 24.5 Å². The molecule has 4 atom stereocenters. The molecule has 1 aliphatic heterocycles. The first-order chi connectivity index (χ1) is 13.6. The summed E-state index contributed by atoms with van der Waals surface area (Å²) in [6, 6.07) is 3.59. The number of ether oxygens (including phenoxy) is 1. The van der Waals surface area contributed by atoms with Crippen molar-refractivity contribution in [3.63, 3.8) is 0 Å². The van der Waals surface area contributed by atoms with Crippen molar-refractivity contribution in [2.75, 3.05) is 17.8 Å². The number of nitrogens with two attached hydrogens (primary N) is 1. The van der Waals surface area contributed by atoms with Crippen LogP contribution in [0.25, 0.3) is 11.2 Å². The topological polar surface area (TPSA) is 177 Å². The van der Waals surface area contributed by atoms with E-state index in [1.54, 1.807) is 18.5 Å². The standard InChI is InChI=1S/C16H18N8O4/c17-13-10-14(20-7-19-13)24(15-12(27)11(26)9(6-25)28-15)16(22-10)23-21-5-8-2-1-3-18-4-8/h1-5,7,9,11-12,15,25-27H,6H2,(H,22,23)(H2,17,19,20). The van der Waals surface area contributed by atoms with Crippen LogP contribution in [0.4, 0.5) is 11.8 Å². The summed E-state index contributed by atoms with van der Waals surface area (Å²) < 4.78 is 7.02. The van der Waals surface area contributed by atoms with Gasteiger partial charge in [-0.1, -0.05) is 6.07 Å². The van der Waals surface area contributed by atoms with Gasteiger partial charge in [0.25, 0.3) is 0 Å². The number of rotatable bonds is 5. The summed E-state index contributed by atoms with van der Waals surface area (Å²) in [7, 11) is 0. The summed E-state index contributed by atoms with van der Waals surface area (Å²) >= 11 is 0. The van der Waals surface area contributed by atoms with E-state index >= 15 is 0 Å². The van der Waals surface area contributed by atoms with Crippen molar-refractivity contribution < 1.29 is 20.1 Å². The van der Waals surface area contributed by atoms with Gasteiger partial charge in [-0.05, 0) is 6.07 Å². The van der Waals surface area contributed by atoms with E-state index in [9.17, 15) is 15.3 Å². The average Bonchev–Trinajstić information content (AvgIpc) is 3.21. The van der Waals surface area contributed by atoms with Gasteiger partial charge in [0, 0.05) is 18.0 Å². The lowest BCUT2D eigenvalue weighted by Crippen LogP contribution is -2.33. The monoisotopic (exact) mass is 386 g/mol. The van der Waals surface area contributed by atoms with E-state index < -0.39 is 31.1 Å². The van der Waals surface area contributed by atoms with Crippen molar-refractivity contribution in [1.29, 1.82) is 0 Å². The molecule has 1 saturated heterocycles. The van der Waals surface area contributed by atoms with Gasteiger partial charge in [-0.2, -0.15) is 5.10 Å². The second-order valence-electron chi connectivity index (χ2n) is 6.12. The summed E-state index contributed by atoms with van der Waals surface area (Å²) in [6.45, 7) is -0.458. The van der Waals surface area contributed by atoms with Crippen LogP contribution in [0.15, 0.2) is 36.0 Å². The molecule has 12 nitrogen and oxygen atoms in total. The minimum absolute atomic E-state index is 0.134. The third kappa shape index (κ3) is 3.14. The van der Waals surface area contributed by atoms with Gasteiger partial charge < -0.3 is 25.8 Å². The molecule has 4 rings (SSSR count). The Morgan fingerprint density at radius 2 is 2.18 bits per heavy atom. The zero-order chi connectivity index (χ0) is 19.7. The molecule has 1 aliphatic rings. The Hall–Kier alpha value is -3.19. The molecule has 0 bridgehead atoms. The largest absolute Gasteiger partial charge is 0.394 e. The second-order valence-corrected chi connectivity index (χ2v) is 6.12.